The van der Waals surface area contributed by atoms with E-state index in [9.17, 15) is 0 Å². The highest BCUT2D eigenvalue weighted by molar-refractivity contribution is 5.81. The maximum absolute atomic E-state index is 5.99. The molecule has 0 saturated heterocycles. The fourth-order valence-corrected chi connectivity index (χ4v) is 2.58. The SMILES string of the molecule is COc1cnnc(Nc2ccc(Oc3ccnc4cc(OC)cnc34)cc2)c1. The highest BCUT2D eigenvalue weighted by Gasteiger charge is 2.08. The topological polar surface area (TPSA) is 91.3 Å². The largest absolute Gasteiger partial charge is 0.495 e. The van der Waals surface area contributed by atoms with Crippen molar-refractivity contribution in [2.24, 2.45) is 0 Å². The Balaban J connectivity index is 1.52. The second-order valence-corrected chi connectivity index (χ2v) is 5.78. The number of ether oxygens (including phenoxy) is 3. The lowest BCUT2D eigenvalue weighted by Crippen LogP contribution is -1.96. The van der Waals surface area contributed by atoms with Crippen molar-refractivity contribution in [3.8, 4) is 23.0 Å². The van der Waals surface area contributed by atoms with Crippen molar-refractivity contribution in [1.29, 1.82) is 0 Å². The fourth-order valence-electron chi connectivity index (χ4n) is 2.58. The van der Waals surface area contributed by atoms with Gasteiger partial charge in [0.05, 0.1) is 32.1 Å². The van der Waals surface area contributed by atoms with Gasteiger partial charge in [0.15, 0.2) is 11.6 Å². The first-order valence-corrected chi connectivity index (χ1v) is 8.45. The first-order chi connectivity index (χ1) is 13.7. The van der Waals surface area contributed by atoms with Gasteiger partial charge in [-0.1, -0.05) is 0 Å². The lowest BCUT2D eigenvalue weighted by atomic mass is 10.2. The lowest BCUT2D eigenvalue weighted by Gasteiger charge is -2.10. The molecule has 3 aromatic heterocycles. The van der Waals surface area contributed by atoms with Crippen LogP contribution in [0.2, 0.25) is 0 Å². The quantitative estimate of drug-likeness (QED) is 0.541. The van der Waals surface area contributed by atoms with Crippen LogP contribution in [0.3, 0.4) is 0 Å². The van der Waals surface area contributed by atoms with Gasteiger partial charge in [0.25, 0.3) is 0 Å². The normalized spacial score (nSPS) is 10.5. The summed E-state index contributed by atoms with van der Waals surface area (Å²) in [7, 11) is 3.18. The van der Waals surface area contributed by atoms with Crippen molar-refractivity contribution >= 4 is 22.5 Å². The molecule has 0 unspecified atom stereocenters. The van der Waals surface area contributed by atoms with E-state index in [2.05, 4.69) is 25.5 Å². The number of anilines is 2. The Kier molecular flexibility index (Phi) is 4.83. The van der Waals surface area contributed by atoms with Crippen LogP contribution in [0.25, 0.3) is 11.0 Å². The number of nitrogens with zero attached hydrogens (tertiary/aromatic N) is 4. The third-order valence-electron chi connectivity index (χ3n) is 3.97. The molecule has 0 bridgehead atoms. The molecule has 4 rings (SSSR count). The highest BCUT2D eigenvalue weighted by Crippen LogP contribution is 2.30. The molecular weight excluding hydrogens is 358 g/mol. The summed E-state index contributed by atoms with van der Waals surface area (Å²) in [5, 5.41) is 11.1. The van der Waals surface area contributed by atoms with E-state index in [1.807, 2.05) is 30.3 Å². The van der Waals surface area contributed by atoms with Gasteiger partial charge in [0.2, 0.25) is 0 Å². The molecule has 0 aliphatic rings. The molecule has 140 valence electrons. The first-order valence-electron chi connectivity index (χ1n) is 8.45. The van der Waals surface area contributed by atoms with Gasteiger partial charge in [-0.2, -0.15) is 5.10 Å². The number of methoxy groups -OCH3 is 2. The predicted molar refractivity (Wildman–Crippen MR) is 104 cm³/mol. The lowest BCUT2D eigenvalue weighted by molar-refractivity contribution is 0.412. The van der Waals surface area contributed by atoms with Crippen molar-refractivity contribution in [3.63, 3.8) is 0 Å². The maximum atomic E-state index is 5.99. The molecule has 28 heavy (non-hydrogen) atoms. The minimum atomic E-state index is 0.589. The number of hydrogen-bond acceptors (Lipinski definition) is 8. The van der Waals surface area contributed by atoms with Gasteiger partial charge in [-0.15, -0.1) is 5.10 Å². The molecule has 8 heteroatoms. The van der Waals surface area contributed by atoms with Crippen molar-refractivity contribution in [3.05, 3.63) is 61.1 Å². The van der Waals surface area contributed by atoms with Crippen LogP contribution in [0.4, 0.5) is 11.5 Å². The number of rotatable bonds is 6. The molecule has 4 aromatic rings. The van der Waals surface area contributed by atoms with Gasteiger partial charge >= 0.3 is 0 Å². The number of benzene rings is 1. The number of pyridine rings is 2. The Morgan fingerprint density at radius 2 is 1.61 bits per heavy atom. The molecule has 0 aliphatic heterocycles. The Hall–Kier alpha value is -3.94. The molecule has 0 atom stereocenters. The molecule has 0 fully saturated rings. The van der Waals surface area contributed by atoms with Crippen LogP contribution in [0, 0.1) is 0 Å². The second-order valence-electron chi connectivity index (χ2n) is 5.78. The molecule has 1 N–H and O–H groups in total. The van der Waals surface area contributed by atoms with Crippen LogP contribution < -0.4 is 19.5 Å². The molecular formula is C20H17N5O3. The van der Waals surface area contributed by atoms with Crippen LogP contribution in [-0.2, 0) is 0 Å². The summed E-state index contributed by atoms with van der Waals surface area (Å²) >= 11 is 0. The summed E-state index contributed by atoms with van der Waals surface area (Å²) in [6.07, 6.45) is 4.86. The van der Waals surface area contributed by atoms with Crippen molar-refractivity contribution in [1.82, 2.24) is 20.2 Å². The maximum Gasteiger partial charge on any atom is 0.156 e. The molecule has 8 nitrogen and oxygen atoms in total. The Morgan fingerprint density at radius 1 is 0.821 bits per heavy atom. The average molecular weight is 375 g/mol. The summed E-state index contributed by atoms with van der Waals surface area (Å²) in [5.41, 5.74) is 2.21. The van der Waals surface area contributed by atoms with E-state index >= 15 is 0 Å². The Bertz CT molecular complexity index is 1100. The second kappa shape index (κ2) is 7.75. The molecule has 0 amide bonds. The number of hydrogen-bond donors (Lipinski definition) is 1. The molecule has 0 spiro atoms. The number of fused-ring (bicyclic) bond motifs is 1. The number of nitrogens with one attached hydrogen (secondary N) is 1. The van der Waals surface area contributed by atoms with Gasteiger partial charge in [-0.25, -0.2) is 4.98 Å². The zero-order valence-electron chi connectivity index (χ0n) is 15.3. The van der Waals surface area contributed by atoms with E-state index in [0.29, 0.717) is 39.8 Å². The van der Waals surface area contributed by atoms with Crippen molar-refractivity contribution in [2.45, 2.75) is 0 Å². The summed E-state index contributed by atoms with van der Waals surface area (Å²) in [5.74, 6) is 3.16. The molecule has 0 saturated carbocycles. The third kappa shape index (κ3) is 3.75. The highest BCUT2D eigenvalue weighted by atomic mass is 16.5. The minimum Gasteiger partial charge on any atom is -0.495 e. The van der Waals surface area contributed by atoms with E-state index in [1.54, 1.807) is 44.9 Å². The molecule has 3 heterocycles. The van der Waals surface area contributed by atoms with Crippen molar-refractivity contribution < 1.29 is 14.2 Å². The van der Waals surface area contributed by atoms with Crippen molar-refractivity contribution in [2.75, 3.05) is 19.5 Å². The van der Waals surface area contributed by atoms with Crippen LogP contribution >= 0.6 is 0 Å². The summed E-state index contributed by atoms with van der Waals surface area (Å²) in [4.78, 5) is 8.70. The average Bonchev–Trinajstić information content (AvgIpc) is 2.75. The Morgan fingerprint density at radius 3 is 2.39 bits per heavy atom. The monoisotopic (exact) mass is 375 g/mol. The number of aromatic nitrogens is 4. The standard InChI is InChI=1S/C20H17N5O3/c1-26-15-9-17-20(22-11-15)18(7-8-21-17)28-14-5-3-13(4-6-14)24-19-10-16(27-2)12-23-25-19/h3-12H,1-2H3,(H,24,25). The molecule has 0 radical (unpaired) electrons. The minimum absolute atomic E-state index is 0.589. The van der Waals surface area contributed by atoms with E-state index in [1.165, 1.54) is 0 Å². The van der Waals surface area contributed by atoms with Gasteiger partial charge in [0, 0.05) is 30.1 Å². The zero-order valence-corrected chi connectivity index (χ0v) is 15.3. The van der Waals surface area contributed by atoms with Crippen LogP contribution in [-0.4, -0.2) is 34.4 Å². The van der Waals surface area contributed by atoms with Gasteiger partial charge in [-0.3, -0.25) is 4.98 Å². The zero-order chi connectivity index (χ0) is 19.3. The first kappa shape index (κ1) is 17.5. The van der Waals surface area contributed by atoms with Crippen LogP contribution in [0.1, 0.15) is 0 Å². The summed E-state index contributed by atoms with van der Waals surface area (Å²) in [6.45, 7) is 0. The van der Waals surface area contributed by atoms with Crippen LogP contribution in [0.15, 0.2) is 61.1 Å². The van der Waals surface area contributed by atoms with E-state index < -0.39 is 0 Å². The van der Waals surface area contributed by atoms with E-state index in [-0.39, 0.29) is 0 Å². The molecule has 0 aliphatic carbocycles. The third-order valence-corrected chi connectivity index (χ3v) is 3.97. The molecule has 1 aromatic carbocycles. The van der Waals surface area contributed by atoms with E-state index in [4.69, 9.17) is 14.2 Å². The smallest absolute Gasteiger partial charge is 0.156 e. The van der Waals surface area contributed by atoms with Gasteiger partial charge in [-0.05, 0) is 24.3 Å². The van der Waals surface area contributed by atoms with Crippen LogP contribution in [0.5, 0.6) is 23.0 Å². The van der Waals surface area contributed by atoms with Gasteiger partial charge < -0.3 is 19.5 Å². The fraction of sp³-hybridized carbons (Fsp3) is 0.100. The Labute approximate surface area is 161 Å². The summed E-state index contributed by atoms with van der Waals surface area (Å²) in [6, 6.07) is 12.8. The predicted octanol–water partition coefficient (Wildman–Crippen LogP) is 3.97. The van der Waals surface area contributed by atoms with E-state index in [0.717, 1.165) is 5.69 Å². The van der Waals surface area contributed by atoms with Gasteiger partial charge in [0.1, 0.15) is 22.8 Å². The summed E-state index contributed by atoms with van der Waals surface area (Å²) < 4.78 is 16.3.